The van der Waals surface area contributed by atoms with Crippen LogP contribution in [0, 0.1) is 5.82 Å². The van der Waals surface area contributed by atoms with Gasteiger partial charge in [0, 0.05) is 11.8 Å². The normalized spacial score (nSPS) is 11.6. The zero-order valence-electron chi connectivity index (χ0n) is 9.86. The fourth-order valence-corrected chi connectivity index (χ4v) is 1.58. The molecule has 0 unspecified atom stereocenters. The van der Waals surface area contributed by atoms with Gasteiger partial charge in [-0.05, 0) is 12.1 Å². The van der Waals surface area contributed by atoms with Gasteiger partial charge in [-0.25, -0.2) is 9.18 Å². The molecule has 1 aromatic heterocycles. The largest absolute Gasteiger partial charge is 0.478 e. The highest BCUT2D eigenvalue weighted by atomic mass is 19.4. The Morgan fingerprint density at radius 3 is 2.55 bits per heavy atom. The van der Waals surface area contributed by atoms with E-state index in [1.54, 1.807) is 0 Å². The quantitative estimate of drug-likeness (QED) is 0.884. The molecule has 0 saturated carbocycles. The van der Waals surface area contributed by atoms with E-state index in [0.29, 0.717) is 6.20 Å². The van der Waals surface area contributed by atoms with Crippen LogP contribution in [0.15, 0.2) is 30.6 Å². The van der Waals surface area contributed by atoms with Gasteiger partial charge in [0.25, 0.3) is 0 Å². The van der Waals surface area contributed by atoms with E-state index in [4.69, 9.17) is 5.11 Å². The number of carbonyl (C=O) groups is 1. The Hall–Kier alpha value is -2.38. The number of hydrogen-bond acceptors (Lipinski definition) is 2. The van der Waals surface area contributed by atoms with Gasteiger partial charge in [0.05, 0.1) is 23.9 Å². The highest BCUT2D eigenvalue weighted by Crippen LogP contribution is 2.28. The molecule has 0 fully saturated rings. The molecular formula is C12H8F4N2O2. The number of aromatic nitrogens is 2. The zero-order valence-corrected chi connectivity index (χ0v) is 9.86. The molecule has 0 radical (unpaired) electrons. The second kappa shape index (κ2) is 4.95. The lowest BCUT2D eigenvalue weighted by Crippen LogP contribution is -2.06. The molecule has 0 aliphatic rings. The first-order valence-corrected chi connectivity index (χ1v) is 5.39. The second-order valence-corrected chi connectivity index (χ2v) is 4.04. The van der Waals surface area contributed by atoms with Crippen molar-refractivity contribution in [3.05, 3.63) is 53.1 Å². The first-order valence-electron chi connectivity index (χ1n) is 5.39. The Kier molecular flexibility index (Phi) is 3.47. The summed E-state index contributed by atoms with van der Waals surface area (Å²) in [5, 5.41) is 12.2. The van der Waals surface area contributed by atoms with Crippen molar-refractivity contribution in [2.45, 2.75) is 12.7 Å². The third-order valence-corrected chi connectivity index (χ3v) is 2.59. The molecule has 0 amide bonds. The predicted molar refractivity (Wildman–Crippen MR) is 59.7 cm³/mol. The molecule has 20 heavy (non-hydrogen) atoms. The molecule has 1 N–H and O–H groups in total. The number of aromatic carboxylic acids is 1. The number of carboxylic acid groups (broad SMARTS) is 1. The second-order valence-electron chi connectivity index (χ2n) is 4.04. The molecule has 1 heterocycles. The Labute approximate surface area is 110 Å². The summed E-state index contributed by atoms with van der Waals surface area (Å²) >= 11 is 0. The van der Waals surface area contributed by atoms with Crippen LogP contribution in [-0.2, 0) is 12.7 Å². The average Bonchev–Trinajstić information content (AvgIpc) is 2.80. The van der Waals surface area contributed by atoms with Crippen molar-refractivity contribution < 1.29 is 27.5 Å². The van der Waals surface area contributed by atoms with Crippen molar-refractivity contribution >= 4 is 5.97 Å². The van der Waals surface area contributed by atoms with Crippen molar-refractivity contribution in [2.24, 2.45) is 0 Å². The van der Waals surface area contributed by atoms with Gasteiger partial charge in [0.2, 0.25) is 0 Å². The maximum Gasteiger partial charge on any atom is 0.419 e. The summed E-state index contributed by atoms with van der Waals surface area (Å²) < 4.78 is 51.6. The van der Waals surface area contributed by atoms with Gasteiger partial charge in [0.1, 0.15) is 5.82 Å². The predicted octanol–water partition coefficient (Wildman–Crippen LogP) is 2.79. The SMILES string of the molecule is O=C(O)c1ccc(Cn2cc(C(F)(F)F)cn2)c(F)c1. The monoisotopic (exact) mass is 288 g/mol. The van der Waals surface area contributed by atoms with Crippen LogP contribution in [0.3, 0.4) is 0 Å². The molecule has 0 saturated heterocycles. The smallest absolute Gasteiger partial charge is 0.419 e. The van der Waals surface area contributed by atoms with E-state index in [9.17, 15) is 22.4 Å². The van der Waals surface area contributed by atoms with Gasteiger partial charge < -0.3 is 5.11 Å². The number of hydrogen-bond donors (Lipinski definition) is 1. The maximum absolute atomic E-state index is 13.6. The highest BCUT2D eigenvalue weighted by molar-refractivity contribution is 5.87. The zero-order chi connectivity index (χ0) is 14.9. The van der Waals surface area contributed by atoms with Crippen molar-refractivity contribution in [3.8, 4) is 0 Å². The molecule has 0 spiro atoms. The van der Waals surface area contributed by atoms with Gasteiger partial charge in [-0.1, -0.05) is 6.07 Å². The Balaban J connectivity index is 2.22. The van der Waals surface area contributed by atoms with Gasteiger partial charge in [-0.2, -0.15) is 18.3 Å². The standard InChI is InChI=1S/C12H8F4N2O2/c13-10-3-7(11(19)20)1-2-8(10)5-18-6-9(4-17-18)12(14,15)16/h1-4,6H,5H2,(H,19,20). The van der Waals surface area contributed by atoms with E-state index < -0.39 is 23.5 Å². The van der Waals surface area contributed by atoms with Crippen molar-refractivity contribution in [3.63, 3.8) is 0 Å². The molecule has 2 aromatic rings. The number of alkyl halides is 3. The molecule has 0 bridgehead atoms. The van der Waals surface area contributed by atoms with Crippen LogP contribution in [0.4, 0.5) is 17.6 Å². The number of nitrogens with zero attached hydrogens (tertiary/aromatic N) is 2. The van der Waals surface area contributed by atoms with Crippen LogP contribution in [0.1, 0.15) is 21.5 Å². The van der Waals surface area contributed by atoms with Gasteiger partial charge in [-0.3, -0.25) is 4.68 Å². The van der Waals surface area contributed by atoms with E-state index >= 15 is 0 Å². The molecule has 0 aliphatic carbocycles. The maximum atomic E-state index is 13.6. The van der Waals surface area contributed by atoms with Crippen LogP contribution in [-0.4, -0.2) is 20.9 Å². The highest BCUT2D eigenvalue weighted by Gasteiger charge is 2.32. The van der Waals surface area contributed by atoms with E-state index in [1.165, 1.54) is 12.1 Å². The van der Waals surface area contributed by atoms with Crippen molar-refractivity contribution in [1.29, 1.82) is 0 Å². The first kappa shape index (κ1) is 14.0. The van der Waals surface area contributed by atoms with Crippen LogP contribution in [0.25, 0.3) is 0 Å². The minimum atomic E-state index is -4.51. The fraction of sp³-hybridized carbons (Fsp3) is 0.167. The van der Waals surface area contributed by atoms with E-state index in [1.807, 2.05) is 0 Å². The third-order valence-electron chi connectivity index (χ3n) is 2.59. The summed E-state index contributed by atoms with van der Waals surface area (Å²) in [4.78, 5) is 10.6. The Morgan fingerprint density at radius 1 is 1.35 bits per heavy atom. The average molecular weight is 288 g/mol. The Morgan fingerprint density at radius 2 is 2.05 bits per heavy atom. The van der Waals surface area contributed by atoms with Crippen molar-refractivity contribution in [2.75, 3.05) is 0 Å². The summed E-state index contributed by atoms with van der Waals surface area (Å²) in [6, 6.07) is 3.19. The lowest BCUT2D eigenvalue weighted by molar-refractivity contribution is -0.137. The first-order chi connectivity index (χ1) is 9.27. The van der Waals surface area contributed by atoms with Crippen LogP contribution in [0.2, 0.25) is 0 Å². The summed E-state index contributed by atoms with van der Waals surface area (Å²) in [5.74, 6) is -2.09. The van der Waals surface area contributed by atoms with Crippen molar-refractivity contribution in [1.82, 2.24) is 9.78 Å². The molecule has 2 rings (SSSR count). The summed E-state index contributed by atoms with van der Waals surface area (Å²) in [6.45, 7) is -0.220. The minimum Gasteiger partial charge on any atom is -0.478 e. The summed E-state index contributed by atoms with van der Waals surface area (Å²) in [5.41, 5.74) is -1.12. The van der Waals surface area contributed by atoms with Crippen LogP contribution in [0.5, 0.6) is 0 Å². The van der Waals surface area contributed by atoms with Gasteiger partial charge >= 0.3 is 12.1 Å². The number of halogens is 4. The molecule has 4 nitrogen and oxygen atoms in total. The summed E-state index contributed by atoms with van der Waals surface area (Å²) in [6.07, 6.45) is -3.11. The van der Waals surface area contributed by atoms with Crippen LogP contribution < -0.4 is 0 Å². The molecule has 1 aromatic carbocycles. The molecule has 8 heteroatoms. The minimum absolute atomic E-state index is 0.0480. The fourth-order valence-electron chi connectivity index (χ4n) is 1.58. The molecule has 0 atom stereocenters. The molecule has 106 valence electrons. The van der Waals surface area contributed by atoms with E-state index in [-0.39, 0.29) is 17.7 Å². The third kappa shape index (κ3) is 2.95. The topological polar surface area (TPSA) is 55.1 Å². The Bertz CT molecular complexity index is 649. The molecular weight excluding hydrogens is 280 g/mol. The van der Waals surface area contributed by atoms with E-state index in [2.05, 4.69) is 5.10 Å². The molecule has 0 aliphatic heterocycles. The van der Waals surface area contributed by atoms with E-state index in [0.717, 1.165) is 16.9 Å². The lowest BCUT2D eigenvalue weighted by atomic mass is 10.1. The van der Waals surface area contributed by atoms with Gasteiger partial charge in [0.15, 0.2) is 0 Å². The van der Waals surface area contributed by atoms with Crippen LogP contribution >= 0.6 is 0 Å². The number of benzene rings is 1. The summed E-state index contributed by atoms with van der Waals surface area (Å²) in [7, 11) is 0. The van der Waals surface area contributed by atoms with Gasteiger partial charge in [-0.15, -0.1) is 0 Å². The number of rotatable bonds is 3. The number of carboxylic acids is 1. The lowest BCUT2D eigenvalue weighted by Gasteiger charge is -2.05.